The van der Waals surface area contributed by atoms with Crippen LogP contribution in [-0.4, -0.2) is 30.0 Å². The van der Waals surface area contributed by atoms with E-state index in [1.54, 1.807) is 11.9 Å². The molecule has 5 heteroatoms. The zero-order valence-electron chi connectivity index (χ0n) is 17.7. The van der Waals surface area contributed by atoms with Crippen molar-refractivity contribution in [2.24, 2.45) is 5.92 Å². The van der Waals surface area contributed by atoms with E-state index in [4.69, 9.17) is 10.8 Å². The van der Waals surface area contributed by atoms with E-state index in [-0.39, 0.29) is 11.3 Å². The average Bonchev–Trinajstić information content (AvgIpc) is 3.08. The van der Waals surface area contributed by atoms with Gasteiger partial charge in [0.05, 0.1) is 18.3 Å². The van der Waals surface area contributed by atoms with E-state index in [1.165, 1.54) is 6.34 Å². The monoisotopic (exact) mass is 390 g/mol. The second-order valence-corrected chi connectivity index (χ2v) is 7.78. The molecular weight excluding hydrogens is 360 g/mol. The first-order valence-electron chi connectivity index (χ1n) is 10.3. The molecule has 2 N–H and O–H groups in total. The van der Waals surface area contributed by atoms with Gasteiger partial charge in [0.2, 0.25) is 0 Å². The van der Waals surface area contributed by atoms with Gasteiger partial charge in [0.15, 0.2) is 0 Å². The summed E-state index contributed by atoms with van der Waals surface area (Å²) in [6.07, 6.45) is 2.97. The Hall–Kier alpha value is -2.95. The Kier molecular flexibility index (Phi) is 5.87. The number of carbonyl (C=O) groups excluding carboxylic acids is 1. The molecule has 2 aromatic carbocycles. The predicted octanol–water partition coefficient (Wildman–Crippen LogP) is 5.06. The number of rotatable bonds is 4. The molecule has 0 aromatic heterocycles. The molecule has 0 atom stereocenters. The lowest BCUT2D eigenvalue weighted by Crippen LogP contribution is -2.52. The molecular formula is C24H30N4O. The van der Waals surface area contributed by atoms with Gasteiger partial charge in [0.1, 0.15) is 5.84 Å². The minimum absolute atomic E-state index is 0.0328. The Morgan fingerprint density at radius 3 is 2.48 bits per heavy atom. The number of amidine groups is 1. The lowest BCUT2D eigenvalue weighted by molar-refractivity contribution is 0.0996. The fraction of sp³-hybridized carbons (Fsp3) is 0.375. The van der Waals surface area contributed by atoms with Crippen LogP contribution >= 0.6 is 0 Å². The molecule has 1 amide bonds. The summed E-state index contributed by atoms with van der Waals surface area (Å²) in [5, 5.41) is 16.2. The molecule has 29 heavy (non-hydrogen) atoms. The Morgan fingerprint density at radius 2 is 1.86 bits per heavy atom. The second kappa shape index (κ2) is 8.19. The third-order valence-electron chi connectivity index (χ3n) is 5.93. The fourth-order valence-electron chi connectivity index (χ4n) is 4.53. The van der Waals surface area contributed by atoms with Crippen molar-refractivity contribution in [2.75, 3.05) is 11.9 Å². The van der Waals surface area contributed by atoms with Crippen LogP contribution in [0, 0.1) is 16.7 Å². The van der Waals surface area contributed by atoms with Crippen LogP contribution in [0.4, 0.5) is 5.69 Å². The van der Waals surface area contributed by atoms with E-state index in [2.05, 4.69) is 19.1 Å². The summed E-state index contributed by atoms with van der Waals surface area (Å²) in [5.74, 6) is 1.03. The third kappa shape index (κ3) is 3.46. The molecule has 4 rings (SSSR count). The first-order chi connectivity index (χ1) is 14.0. The van der Waals surface area contributed by atoms with Crippen molar-refractivity contribution in [1.29, 1.82) is 10.8 Å². The highest BCUT2D eigenvalue weighted by Crippen LogP contribution is 2.49. The van der Waals surface area contributed by atoms with Gasteiger partial charge in [-0.2, -0.15) is 0 Å². The quantitative estimate of drug-likeness (QED) is 0.566. The standard InChI is InChI=1S/C22H24N4O.C2H6/c1-15-11-22(12-15,21(24)25(2)14-23)17-7-5-8-18(10-17)26-13-16-6-3-4-9-19(16)20(26)27;1-2/h3-10,14-15,23-24H,11-13H2,1-2H3;1-2H3. The molecule has 0 spiro atoms. The number of amides is 1. The second-order valence-electron chi connectivity index (χ2n) is 7.78. The van der Waals surface area contributed by atoms with Gasteiger partial charge in [-0.25, -0.2) is 0 Å². The van der Waals surface area contributed by atoms with Crippen LogP contribution in [0.2, 0.25) is 0 Å². The van der Waals surface area contributed by atoms with Gasteiger partial charge in [-0.15, -0.1) is 0 Å². The number of hydrogen-bond acceptors (Lipinski definition) is 3. The number of likely N-dealkylation sites (N-methyl/N-ethyl adjacent to an activating group) is 1. The summed E-state index contributed by atoms with van der Waals surface area (Å²) in [4.78, 5) is 16.2. The molecule has 0 radical (unpaired) electrons. The number of hydrogen-bond donors (Lipinski definition) is 2. The summed E-state index contributed by atoms with van der Waals surface area (Å²) in [6.45, 7) is 6.78. The zero-order valence-corrected chi connectivity index (χ0v) is 17.7. The molecule has 1 aliphatic carbocycles. The number of anilines is 1. The molecule has 1 saturated carbocycles. The molecule has 2 aliphatic rings. The molecule has 1 fully saturated rings. The number of fused-ring (bicyclic) bond motifs is 1. The molecule has 0 bridgehead atoms. The van der Waals surface area contributed by atoms with Crippen LogP contribution in [0.5, 0.6) is 0 Å². The Balaban J connectivity index is 0.00000117. The van der Waals surface area contributed by atoms with E-state index in [1.807, 2.05) is 55.1 Å². The molecule has 0 saturated heterocycles. The Morgan fingerprint density at radius 1 is 1.17 bits per heavy atom. The highest BCUT2D eigenvalue weighted by Gasteiger charge is 2.48. The zero-order chi connectivity index (χ0) is 21.2. The van der Waals surface area contributed by atoms with Crippen LogP contribution < -0.4 is 4.90 Å². The van der Waals surface area contributed by atoms with E-state index < -0.39 is 0 Å². The van der Waals surface area contributed by atoms with E-state index in [9.17, 15) is 4.79 Å². The number of carbonyl (C=O) groups is 1. The Bertz CT molecular complexity index is 930. The summed E-state index contributed by atoms with van der Waals surface area (Å²) < 4.78 is 0. The maximum Gasteiger partial charge on any atom is 0.258 e. The number of nitrogens with zero attached hydrogens (tertiary/aromatic N) is 2. The van der Waals surface area contributed by atoms with Crippen molar-refractivity contribution < 1.29 is 4.79 Å². The van der Waals surface area contributed by atoms with E-state index in [0.29, 0.717) is 18.3 Å². The minimum atomic E-state index is -0.378. The lowest BCUT2D eigenvalue weighted by atomic mass is 9.58. The van der Waals surface area contributed by atoms with Gasteiger partial charge in [-0.3, -0.25) is 15.6 Å². The van der Waals surface area contributed by atoms with Gasteiger partial charge < -0.3 is 9.80 Å². The van der Waals surface area contributed by atoms with Crippen LogP contribution in [-0.2, 0) is 12.0 Å². The topological polar surface area (TPSA) is 71.2 Å². The van der Waals surface area contributed by atoms with Gasteiger partial charge >= 0.3 is 0 Å². The van der Waals surface area contributed by atoms with Crippen LogP contribution in [0.1, 0.15) is 55.1 Å². The highest BCUT2D eigenvalue weighted by molar-refractivity contribution is 6.10. The average molecular weight is 391 g/mol. The maximum atomic E-state index is 12.8. The summed E-state index contributed by atoms with van der Waals surface area (Å²) >= 11 is 0. The smallest absolute Gasteiger partial charge is 0.258 e. The van der Waals surface area contributed by atoms with Crippen molar-refractivity contribution in [2.45, 2.75) is 45.6 Å². The van der Waals surface area contributed by atoms with E-state index >= 15 is 0 Å². The van der Waals surface area contributed by atoms with Crippen molar-refractivity contribution in [1.82, 2.24) is 4.90 Å². The minimum Gasteiger partial charge on any atom is -0.324 e. The molecule has 2 aromatic rings. The molecule has 5 nitrogen and oxygen atoms in total. The SMILES string of the molecule is CC.CC1CC(C(=N)N(C)C=N)(c2cccc(N3Cc4ccccc4C3=O)c2)C1. The summed E-state index contributed by atoms with van der Waals surface area (Å²) in [6, 6.07) is 15.8. The molecule has 152 valence electrons. The first-order valence-corrected chi connectivity index (χ1v) is 10.3. The van der Waals surface area contributed by atoms with Crippen molar-refractivity contribution in [3.63, 3.8) is 0 Å². The fourth-order valence-corrected chi connectivity index (χ4v) is 4.53. The van der Waals surface area contributed by atoms with Crippen LogP contribution in [0.15, 0.2) is 48.5 Å². The summed E-state index contributed by atoms with van der Waals surface area (Å²) in [5.41, 5.74) is 3.37. The molecule has 1 aliphatic heterocycles. The third-order valence-corrected chi connectivity index (χ3v) is 5.93. The largest absolute Gasteiger partial charge is 0.324 e. The number of benzene rings is 2. The van der Waals surface area contributed by atoms with Crippen molar-refractivity contribution >= 4 is 23.8 Å². The molecule has 0 unspecified atom stereocenters. The lowest BCUT2D eigenvalue weighted by Gasteiger charge is -2.48. The van der Waals surface area contributed by atoms with Crippen LogP contribution in [0.3, 0.4) is 0 Å². The maximum absolute atomic E-state index is 12.8. The summed E-state index contributed by atoms with van der Waals surface area (Å²) in [7, 11) is 1.75. The van der Waals surface area contributed by atoms with E-state index in [0.717, 1.165) is 35.2 Å². The highest BCUT2D eigenvalue weighted by atomic mass is 16.2. The van der Waals surface area contributed by atoms with Gasteiger partial charge in [0.25, 0.3) is 5.91 Å². The van der Waals surface area contributed by atoms with Gasteiger partial charge in [0, 0.05) is 18.3 Å². The van der Waals surface area contributed by atoms with Gasteiger partial charge in [-0.05, 0) is 48.1 Å². The normalized spacial score (nSPS) is 22.1. The van der Waals surface area contributed by atoms with Crippen LogP contribution in [0.25, 0.3) is 0 Å². The Labute approximate surface area is 173 Å². The van der Waals surface area contributed by atoms with Crippen molar-refractivity contribution in [3.8, 4) is 0 Å². The van der Waals surface area contributed by atoms with Crippen molar-refractivity contribution in [3.05, 3.63) is 65.2 Å². The predicted molar refractivity (Wildman–Crippen MR) is 119 cm³/mol. The van der Waals surface area contributed by atoms with Gasteiger partial charge in [-0.1, -0.05) is 51.1 Å². The number of nitrogens with one attached hydrogen (secondary N) is 2. The first kappa shape index (κ1) is 20.8. The molecule has 1 heterocycles.